The molecule has 0 N–H and O–H groups in total. The summed E-state index contributed by atoms with van der Waals surface area (Å²) < 4.78 is 14.2. The molecule has 0 aliphatic carbocycles. The highest BCUT2D eigenvalue weighted by molar-refractivity contribution is 5.87. The first-order valence-corrected chi connectivity index (χ1v) is 5.22. The van der Waals surface area contributed by atoms with Crippen LogP contribution in [0.2, 0.25) is 0 Å². The molecule has 0 unspecified atom stereocenters. The lowest BCUT2D eigenvalue weighted by molar-refractivity contribution is -0.143. The highest BCUT2D eigenvalue weighted by Crippen LogP contribution is 2.19. The fourth-order valence-corrected chi connectivity index (χ4v) is 1.17. The first-order chi connectivity index (χ1) is 8.67. The van der Waals surface area contributed by atoms with Gasteiger partial charge in [0.1, 0.15) is 5.75 Å². The van der Waals surface area contributed by atoms with Crippen LogP contribution in [0.5, 0.6) is 5.75 Å². The number of hydrogen-bond donors (Lipinski definition) is 0. The van der Waals surface area contributed by atoms with Gasteiger partial charge in [-0.25, -0.2) is 9.59 Å². The van der Waals surface area contributed by atoms with Gasteiger partial charge in [0.2, 0.25) is 0 Å². The van der Waals surface area contributed by atoms with Gasteiger partial charge in [-0.3, -0.25) is 0 Å². The Labute approximate surface area is 105 Å². The number of para-hydroxylation sites is 1. The van der Waals surface area contributed by atoms with E-state index in [2.05, 4.69) is 9.47 Å². The maximum absolute atomic E-state index is 11.0. The van der Waals surface area contributed by atoms with Crippen molar-refractivity contribution in [3.63, 3.8) is 0 Å². The van der Waals surface area contributed by atoms with E-state index in [1.807, 2.05) is 0 Å². The van der Waals surface area contributed by atoms with Crippen LogP contribution >= 0.6 is 0 Å². The van der Waals surface area contributed by atoms with Gasteiger partial charge in [-0.05, 0) is 12.1 Å². The van der Waals surface area contributed by atoms with Gasteiger partial charge in [-0.15, -0.1) is 0 Å². The Kier molecular flexibility index (Phi) is 5.44. The maximum Gasteiger partial charge on any atom is 0.343 e. The SMILES string of the molecule is COC(=O)/C=C/c1ccccc1OCC(=O)OC. The molecule has 5 nitrogen and oxygen atoms in total. The number of methoxy groups -OCH3 is 2. The fourth-order valence-electron chi connectivity index (χ4n) is 1.17. The van der Waals surface area contributed by atoms with Gasteiger partial charge >= 0.3 is 11.9 Å². The lowest BCUT2D eigenvalue weighted by Gasteiger charge is -2.07. The predicted molar refractivity (Wildman–Crippen MR) is 65.0 cm³/mol. The molecule has 0 amide bonds. The molecule has 0 saturated heterocycles. The highest BCUT2D eigenvalue weighted by atomic mass is 16.6. The molecule has 0 aliphatic rings. The average Bonchev–Trinajstić information content (AvgIpc) is 2.42. The van der Waals surface area contributed by atoms with Crippen molar-refractivity contribution in [1.82, 2.24) is 0 Å². The lowest BCUT2D eigenvalue weighted by Crippen LogP contribution is -2.12. The second-order valence-corrected chi connectivity index (χ2v) is 3.26. The summed E-state index contributed by atoms with van der Waals surface area (Å²) in [5, 5.41) is 0. The molecule has 1 rings (SSSR count). The number of benzene rings is 1. The third-order valence-corrected chi connectivity index (χ3v) is 2.09. The summed E-state index contributed by atoms with van der Waals surface area (Å²) in [4.78, 5) is 22.0. The Morgan fingerprint density at radius 1 is 1.17 bits per heavy atom. The van der Waals surface area contributed by atoms with Crippen molar-refractivity contribution in [2.24, 2.45) is 0 Å². The van der Waals surface area contributed by atoms with Crippen LogP contribution in [-0.4, -0.2) is 32.8 Å². The fraction of sp³-hybridized carbons (Fsp3) is 0.231. The van der Waals surface area contributed by atoms with E-state index in [-0.39, 0.29) is 6.61 Å². The predicted octanol–water partition coefficient (Wildman–Crippen LogP) is 1.42. The van der Waals surface area contributed by atoms with Crippen molar-refractivity contribution < 1.29 is 23.8 Å². The van der Waals surface area contributed by atoms with E-state index in [9.17, 15) is 9.59 Å². The number of carbonyl (C=O) groups excluding carboxylic acids is 2. The van der Waals surface area contributed by atoms with Crippen molar-refractivity contribution in [3.8, 4) is 5.75 Å². The molecule has 0 atom stereocenters. The van der Waals surface area contributed by atoms with Gasteiger partial charge in [0.15, 0.2) is 6.61 Å². The first-order valence-electron chi connectivity index (χ1n) is 5.22. The molecule has 1 aromatic carbocycles. The van der Waals surface area contributed by atoms with Crippen molar-refractivity contribution in [3.05, 3.63) is 35.9 Å². The summed E-state index contributed by atoms with van der Waals surface area (Å²) in [5.74, 6) is -0.442. The van der Waals surface area contributed by atoms with Gasteiger partial charge in [0.05, 0.1) is 14.2 Å². The standard InChI is InChI=1S/C13H14O5/c1-16-12(14)8-7-10-5-3-4-6-11(10)18-9-13(15)17-2/h3-8H,9H2,1-2H3/b8-7+. The molecular weight excluding hydrogens is 236 g/mol. The lowest BCUT2D eigenvalue weighted by atomic mass is 10.2. The van der Waals surface area contributed by atoms with E-state index in [1.54, 1.807) is 30.3 Å². The molecule has 0 radical (unpaired) electrons. The maximum atomic E-state index is 11.0. The van der Waals surface area contributed by atoms with Crippen molar-refractivity contribution in [2.45, 2.75) is 0 Å². The van der Waals surface area contributed by atoms with Gasteiger partial charge in [-0.2, -0.15) is 0 Å². The Balaban J connectivity index is 2.76. The van der Waals surface area contributed by atoms with E-state index in [0.29, 0.717) is 11.3 Å². The summed E-state index contributed by atoms with van der Waals surface area (Å²) in [6.07, 6.45) is 2.83. The van der Waals surface area contributed by atoms with Crippen molar-refractivity contribution >= 4 is 18.0 Å². The Morgan fingerprint density at radius 3 is 2.56 bits per heavy atom. The van der Waals surface area contributed by atoms with E-state index in [4.69, 9.17) is 4.74 Å². The summed E-state index contributed by atoms with van der Waals surface area (Å²) in [5.41, 5.74) is 0.673. The zero-order valence-electron chi connectivity index (χ0n) is 10.2. The van der Waals surface area contributed by atoms with Crippen molar-refractivity contribution in [2.75, 3.05) is 20.8 Å². The molecule has 18 heavy (non-hydrogen) atoms. The second-order valence-electron chi connectivity index (χ2n) is 3.26. The monoisotopic (exact) mass is 250 g/mol. The van der Waals surface area contributed by atoms with Crippen LogP contribution in [0.15, 0.2) is 30.3 Å². The Morgan fingerprint density at radius 2 is 1.89 bits per heavy atom. The van der Waals surface area contributed by atoms with Crippen LogP contribution in [0, 0.1) is 0 Å². The molecule has 0 spiro atoms. The van der Waals surface area contributed by atoms with E-state index in [1.165, 1.54) is 20.3 Å². The number of ether oxygens (including phenoxy) is 3. The largest absolute Gasteiger partial charge is 0.481 e. The van der Waals surface area contributed by atoms with Crippen LogP contribution in [0.3, 0.4) is 0 Å². The number of esters is 2. The molecule has 1 aromatic rings. The molecule has 0 aliphatic heterocycles. The summed E-state index contributed by atoms with van der Waals surface area (Å²) >= 11 is 0. The molecule has 0 fully saturated rings. The zero-order chi connectivity index (χ0) is 13.4. The molecule has 0 heterocycles. The number of rotatable bonds is 5. The highest BCUT2D eigenvalue weighted by Gasteiger charge is 2.04. The quantitative estimate of drug-likeness (QED) is 0.584. The zero-order valence-corrected chi connectivity index (χ0v) is 10.2. The van der Waals surface area contributed by atoms with Gasteiger partial charge in [0.25, 0.3) is 0 Å². The number of hydrogen-bond acceptors (Lipinski definition) is 5. The third-order valence-electron chi connectivity index (χ3n) is 2.09. The van der Waals surface area contributed by atoms with E-state index < -0.39 is 11.9 Å². The van der Waals surface area contributed by atoms with Crippen LogP contribution in [0.4, 0.5) is 0 Å². The van der Waals surface area contributed by atoms with Crippen molar-refractivity contribution in [1.29, 1.82) is 0 Å². The van der Waals surface area contributed by atoms with Crippen LogP contribution in [-0.2, 0) is 19.1 Å². The summed E-state index contributed by atoms with van der Waals surface area (Å²) in [6.45, 7) is -0.181. The van der Waals surface area contributed by atoms with Crippen LogP contribution < -0.4 is 4.74 Å². The minimum atomic E-state index is -0.471. The normalized spacial score (nSPS) is 10.1. The summed E-state index contributed by atoms with van der Waals surface area (Å²) in [7, 11) is 2.58. The second kappa shape index (κ2) is 7.11. The smallest absolute Gasteiger partial charge is 0.343 e. The average molecular weight is 250 g/mol. The topological polar surface area (TPSA) is 61.8 Å². The molecule has 96 valence electrons. The molecule has 5 heteroatoms. The number of carbonyl (C=O) groups is 2. The van der Waals surface area contributed by atoms with Crippen LogP contribution in [0.25, 0.3) is 6.08 Å². The minimum Gasteiger partial charge on any atom is -0.481 e. The van der Waals surface area contributed by atoms with E-state index >= 15 is 0 Å². The molecular formula is C13H14O5. The molecule has 0 aromatic heterocycles. The Bertz CT molecular complexity index is 450. The Hall–Kier alpha value is -2.30. The molecule has 0 saturated carbocycles. The van der Waals surface area contributed by atoms with Gasteiger partial charge < -0.3 is 14.2 Å². The van der Waals surface area contributed by atoms with E-state index in [0.717, 1.165) is 0 Å². The first kappa shape index (κ1) is 13.8. The third kappa shape index (κ3) is 4.29. The summed E-state index contributed by atoms with van der Waals surface area (Å²) in [6, 6.07) is 7.01. The van der Waals surface area contributed by atoms with Crippen LogP contribution in [0.1, 0.15) is 5.56 Å². The molecule has 0 bridgehead atoms. The van der Waals surface area contributed by atoms with Gasteiger partial charge in [-0.1, -0.05) is 18.2 Å². The minimum absolute atomic E-state index is 0.181. The van der Waals surface area contributed by atoms with Gasteiger partial charge in [0, 0.05) is 11.6 Å².